The molecule has 2 rings (SSSR count). The van der Waals surface area contributed by atoms with Crippen LogP contribution in [0.3, 0.4) is 0 Å². The van der Waals surface area contributed by atoms with Crippen LogP contribution in [-0.2, 0) is 6.42 Å². The molecule has 0 amide bonds. The lowest BCUT2D eigenvalue weighted by Crippen LogP contribution is -2.30. The molecule has 0 aromatic heterocycles. The summed E-state index contributed by atoms with van der Waals surface area (Å²) < 4.78 is 18.1. The van der Waals surface area contributed by atoms with Crippen molar-refractivity contribution in [1.29, 1.82) is 0 Å². The molecule has 0 aliphatic carbocycles. The highest BCUT2D eigenvalue weighted by Gasteiger charge is 2.10. The maximum atomic E-state index is 12.9. The topological polar surface area (TPSA) is 21.3 Å². The fourth-order valence-electron chi connectivity index (χ4n) is 2.45. The summed E-state index contributed by atoms with van der Waals surface area (Å²) in [4.78, 5) is 0. The van der Waals surface area contributed by atoms with Gasteiger partial charge in [0.05, 0.1) is 7.11 Å². The monoisotopic (exact) mass is 287 g/mol. The summed E-state index contributed by atoms with van der Waals surface area (Å²) in [5.74, 6) is 0.677. The Balaban J connectivity index is 1.91. The molecule has 21 heavy (non-hydrogen) atoms. The quantitative estimate of drug-likeness (QED) is 0.863. The third kappa shape index (κ3) is 4.57. The van der Waals surface area contributed by atoms with Crippen LogP contribution in [0.15, 0.2) is 48.5 Å². The van der Waals surface area contributed by atoms with Gasteiger partial charge in [-0.2, -0.15) is 0 Å². The first kappa shape index (κ1) is 15.5. The summed E-state index contributed by atoms with van der Waals surface area (Å²) in [5, 5.41) is 3.56. The van der Waals surface area contributed by atoms with Gasteiger partial charge in [0.1, 0.15) is 11.6 Å². The number of hydrogen-bond acceptors (Lipinski definition) is 2. The predicted octanol–water partition coefficient (Wildman–Crippen LogP) is 4.12. The molecular formula is C18H22FNO. The summed E-state index contributed by atoms with van der Waals surface area (Å²) in [5.41, 5.74) is 2.36. The molecule has 0 saturated heterocycles. The van der Waals surface area contributed by atoms with E-state index in [1.54, 1.807) is 7.11 Å². The third-order valence-corrected chi connectivity index (χ3v) is 3.61. The molecule has 1 N–H and O–H groups in total. The first-order chi connectivity index (χ1) is 10.1. The fraction of sp³-hybridized carbons (Fsp3) is 0.333. The van der Waals surface area contributed by atoms with Gasteiger partial charge in [-0.25, -0.2) is 4.39 Å². The van der Waals surface area contributed by atoms with Crippen molar-refractivity contribution in [3.8, 4) is 5.75 Å². The molecule has 0 aliphatic rings. The standard InChI is InChI=1S/C18H22FNO/c1-13(12-15-4-8-17(19)9-5-15)20-14(2)16-6-10-18(21-3)11-7-16/h4-11,13-14,20H,12H2,1-3H3/t13?,14-/m1/s1. The highest BCUT2D eigenvalue weighted by atomic mass is 19.1. The zero-order chi connectivity index (χ0) is 15.2. The van der Waals surface area contributed by atoms with Crippen LogP contribution in [0.1, 0.15) is 31.0 Å². The number of halogens is 1. The Morgan fingerprint density at radius 1 is 1.00 bits per heavy atom. The van der Waals surface area contributed by atoms with Crippen molar-refractivity contribution in [2.24, 2.45) is 0 Å². The van der Waals surface area contributed by atoms with Crippen molar-refractivity contribution in [1.82, 2.24) is 5.32 Å². The second-order valence-electron chi connectivity index (χ2n) is 5.39. The van der Waals surface area contributed by atoms with E-state index in [2.05, 4.69) is 31.3 Å². The van der Waals surface area contributed by atoms with E-state index in [0.29, 0.717) is 6.04 Å². The van der Waals surface area contributed by atoms with E-state index in [1.807, 2.05) is 24.3 Å². The van der Waals surface area contributed by atoms with Gasteiger partial charge in [0.2, 0.25) is 0 Å². The van der Waals surface area contributed by atoms with Crippen LogP contribution in [0.4, 0.5) is 4.39 Å². The van der Waals surface area contributed by atoms with Crippen LogP contribution in [0.5, 0.6) is 5.75 Å². The average molecular weight is 287 g/mol. The molecule has 0 saturated carbocycles. The van der Waals surface area contributed by atoms with E-state index < -0.39 is 0 Å². The molecule has 1 unspecified atom stereocenters. The second kappa shape index (κ2) is 7.23. The van der Waals surface area contributed by atoms with Crippen molar-refractivity contribution in [2.75, 3.05) is 7.11 Å². The van der Waals surface area contributed by atoms with E-state index >= 15 is 0 Å². The van der Waals surface area contributed by atoms with Gasteiger partial charge in [-0.15, -0.1) is 0 Å². The van der Waals surface area contributed by atoms with Crippen molar-refractivity contribution in [2.45, 2.75) is 32.4 Å². The lowest BCUT2D eigenvalue weighted by atomic mass is 10.0. The van der Waals surface area contributed by atoms with Crippen LogP contribution in [-0.4, -0.2) is 13.2 Å². The number of rotatable bonds is 6. The van der Waals surface area contributed by atoms with E-state index in [9.17, 15) is 4.39 Å². The summed E-state index contributed by atoms with van der Waals surface area (Å²) in [7, 11) is 1.67. The van der Waals surface area contributed by atoms with E-state index in [0.717, 1.165) is 17.7 Å². The van der Waals surface area contributed by atoms with Crippen LogP contribution in [0.25, 0.3) is 0 Å². The Hall–Kier alpha value is -1.87. The van der Waals surface area contributed by atoms with Crippen molar-refractivity contribution in [3.63, 3.8) is 0 Å². The molecule has 0 aliphatic heterocycles. The molecule has 2 aromatic rings. The molecule has 3 heteroatoms. The lowest BCUT2D eigenvalue weighted by molar-refractivity contribution is 0.414. The minimum atomic E-state index is -0.189. The molecule has 112 valence electrons. The van der Waals surface area contributed by atoms with Gasteiger partial charge in [0.25, 0.3) is 0 Å². The van der Waals surface area contributed by atoms with Gasteiger partial charge < -0.3 is 10.1 Å². The van der Waals surface area contributed by atoms with Gasteiger partial charge in [-0.05, 0) is 55.7 Å². The minimum Gasteiger partial charge on any atom is -0.497 e. The van der Waals surface area contributed by atoms with Crippen LogP contribution in [0.2, 0.25) is 0 Å². The highest BCUT2D eigenvalue weighted by molar-refractivity contribution is 5.29. The molecular weight excluding hydrogens is 265 g/mol. The Labute approximate surface area is 126 Å². The molecule has 0 radical (unpaired) electrons. The predicted molar refractivity (Wildman–Crippen MR) is 84.1 cm³/mol. The Morgan fingerprint density at radius 3 is 2.19 bits per heavy atom. The first-order valence-corrected chi connectivity index (χ1v) is 7.23. The van der Waals surface area contributed by atoms with Crippen LogP contribution in [0, 0.1) is 5.82 Å². The van der Waals surface area contributed by atoms with E-state index in [1.165, 1.54) is 17.7 Å². The third-order valence-electron chi connectivity index (χ3n) is 3.61. The van der Waals surface area contributed by atoms with Crippen molar-refractivity contribution in [3.05, 3.63) is 65.5 Å². The number of benzene rings is 2. The highest BCUT2D eigenvalue weighted by Crippen LogP contribution is 2.18. The zero-order valence-corrected chi connectivity index (χ0v) is 12.8. The summed E-state index contributed by atoms with van der Waals surface area (Å²) in [6, 6.07) is 15.3. The first-order valence-electron chi connectivity index (χ1n) is 7.23. The maximum absolute atomic E-state index is 12.9. The number of methoxy groups -OCH3 is 1. The van der Waals surface area contributed by atoms with Gasteiger partial charge in [-0.1, -0.05) is 24.3 Å². The minimum absolute atomic E-state index is 0.189. The number of hydrogen-bond donors (Lipinski definition) is 1. The summed E-state index contributed by atoms with van der Waals surface area (Å²) in [6.45, 7) is 4.28. The van der Waals surface area contributed by atoms with E-state index in [4.69, 9.17) is 4.74 Å². The maximum Gasteiger partial charge on any atom is 0.123 e. The Kier molecular flexibility index (Phi) is 5.34. The van der Waals surface area contributed by atoms with Gasteiger partial charge in [0, 0.05) is 12.1 Å². The molecule has 2 nitrogen and oxygen atoms in total. The molecule has 2 aromatic carbocycles. The molecule has 0 bridgehead atoms. The van der Waals surface area contributed by atoms with Gasteiger partial charge >= 0.3 is 0 Å². The van der Waals surface area contributed by atoms with Crippen LogP contribution >= 0.6 is 0 Å². The summed E-state index contributed by atoms with van der Waals surface area (Å²) in [6.07, 6.45) is 0.876. The summed E-state index contributed by atoms with van der Waals surface area (Å²) >= 11 is 0. The molecule has 2 atom stereocenters. The second-order valence-corrected chi connectivity index (χ2v) is 5.39. The van der Waals surface area contributed by atoms with Gasteiger partial charge in [0.15, 0.2) is 0 Å². The SMILES string of the molecule is COc1ccc([C@@H](C)NC(C)Cc2ccc(F)cc2)cc1. The van der Waals surface area contributed by atoms with E-state index in [-0.39, 0.29) is 11.9 Å². The van der Waals surface area contributed by atoms with Crippen molar-refractivity contribution < 1.29 is 9.13 Å². The van der Waals surface area contributed by atoms with Crippen molar-refractivity contribution >= 4 is 0 Å². The Morgan fingerprint density at radius 2 is 1.62 bits per heavy atom. The zero-order valence-electron chi connectivity index (χ0n) is 12.8. The molecule has 0 fully saturated rings. The smallest absolute Gasteiger partial charge is 0.123 e. The molecule has 0 spiro atoms. The van der Waals surface area contributed by atoms with Gasteiger partial charge in [-0.3, -0.25) is 0 Å². The molecule has 0 heterocycles. The average Bonchev–Trinajstić information content (AvgIpc) is 2.49. The van der Waals surface area contributed by atoms with Crippen LogP contribution < -0.4 is 10.1 Å². The number of nitrogens with one attached hydrogen (secondary N) is 1. The number of ether oxygens (including phenoxy) is 1. The fourth-order valence-corrected chi connectivity index (χ4v) is 2.45. The lowest BCUT2D eigenvalue weighted by Gasteiger charge is -2.20. The normalized spacial score (nSPS) is 13.7. The largest absolute Gasteiger partial charge is 0.497 e. The Bertz CT molecular complexity index is 550.